The number of nitriles is 1. The molecule has 2 aliphatic heterocycles. The number of amides is 1. The smallest absolute Gasteiger partial charge is 0.407 e. The summed E-state index contributed by atoms with van der Waals surface area (Å²) in [7, 11) is 0. The van der Waals surface area contributed by atoms with Gasteiger partial charge in [-0.3, -0.25) is 4.90 Å². The molecule has 0 saturated carbocycles. The summed E-state index contributed by atoms with van der Waals surface area (Å²) in [6.45, 7) is 8.90. The summed E-state index contributed by atoms with van der Waals surface area (Å²) in [5, 5.41) is 15.4. The van der Waals surface area contributed by atoms with Gasteiger partial charge in [0.1, 0.15) is 11.4 Å². The van der Waals surface area contributed by atoms with Crippen molar-refractivity contribution >= 4 is 6.09 Å². The Morgan fingerprint density at radius 2 is 1.93 bits per heavy atom. The number of piperazine rings is 1. The molecular formula is C22H32N4O3. The molecule has 2 aliphatic rings. The molecule has 158 valence electrons. The first-order valence-electron chi connectivity index (χ1n) is 10.4. The van der Waals surface area contributed by atoms with Gasteiger partial charge >= 0.3 is 6.09 Å². The minimum Gasteiger partial charge on any atom is -0.494 e. The lowest BCUT2D eigenvalue weighted by Crippen LogP contribution is -2.56. The van der Waals surface area contributed by atoms with Gasteiger partial charge in [0.05, 0.1) is 18.2 Å². The topological polar surface area (TPSA) is 86.6 Å². The molecular weight excluding hydrogens is 368 g/mol. The fourth-order valence-corrected chi connectivity index (χ4v) is 4.05. The summed E-state index contributed by atoms with van der Waals surface area (Å²) >= 11 is 0. The van der Waals surface area contributed by atoms with Crippen molar-refractivity contribution in [2.75, 3.05) is 26.2 Å². The number of hydrogen-bond donors (Lipinski definition) is 2. The summed E-state index contributed by atoms with van der Waals surface area (Å²) in [4.78, 5) is 14.9. The van der Waals surface area contributed by atoms with Crippen molar-refractivity contribution in [2.45, 2.75) is 63.8 Å². The zero-order chi connectivity index (χ0) is 20.9. The Kier molecular flexibility index (Phi) is 6.99. The van der Waals surface area contributed by atoms with Crippen molar-refractivity contribution in [1.82, 2.24) is 15.5 Å². The van der Waals surface area contributed by atoms with E-state index in [9.17, 15) is 4.79 Å². The molecule has 0 aromatic heterocycles. The van der Waals surface area contributed by atoms with E-state index in [0.717, 1.165) is 25.4 Å². The van der Waals surface area contributed by atoms with Crippen molar-refractivity contribution in [3.8, 4) is 11.8 Å². The predicted octanol–water partition coefficient (Wildman–Crippen LogP) is 2.66. The van der Waals surface area contributed by atoms with Crippen LogP contribution in [-0.4, -0.2) is 61.0 Å². The van der Waals surface area contributed by atoms with Crippen LogP contribution in [0.2, 0.25) is 0 Å². The fourth-order valence-electron chi connectivity index (χ4n) is 4.05. The van der Waals surface area contributed by atoms with Crippen LogP contribution in [0.15, 0.2) is 24.3 Å². The van der Waals surface area contributed by atoms with E-state index < -0.39 is 5.60 Å². The molecule has 3 rings (SSSR count). The lowest BCUT2D eigenvalue weighted by atomic mass is 10.1. The van der Waals surface area contributed by atoms with E-state index in [1.54, 1.807) is 24.3 Å². The zero-order valence-electron chi connectivity index (χ0n) is 17.6. The van der Waals surface area contributed by atoms with Crippen molar-refractivity contribution < 1.29 is 14.3 Å². The third-order valence-electron chi connectivity index (χ3n) is 5.40. The normalized spacial score (nSPS) is 22.6. The highest BCUT2D eigenvalue weighted by atomic mass is 16.6. The molecule has 3 atom stereocenters. The lowest BCUT2D eigenvalue weighted by Gasteiger charge is -2.37. The molecule has 0 spiro atoms. The first kappa shape index (κ1) is 21.4. The van der Waals surface area contributed by atoms with Crippen LogP contribution >= 0.6 is 0 Å². The van der Waals surface area contributed by atoms with Crippen molar-refractivity contribution in [3.63, 3.8) is 0 Å². The number of benzene rings is 1. The van der Waals surface area contributed by atoms with Crippen molar-refractivity contribution in [1.29, 1.82) is 5.26 Å². The van der Waals surface area contributed by atoms with Crippen molar-refractivity contribution in [2.24, 2.45) is 0 Å². The van der Waals surface area contributed by atoms with Crippen LogP contribution < -0.4 is 15.4 Å². The number of fused-ring (bicyclic) bond motifs is 2. The largest absolute Gasteiger partial charge is 0.494 e. The van der Waals surface area contributed by atoms with Gasteiger partial charge in [-0.05, 0) is 57.9 Å². The average molecular weight is 401 g/mol. The molecule has 2 N–H and O–H groups in total. The number of rotatable bonds is 7. The van der Waals surface area contributed by atoms with Crippen LogP contribution in [0.3, 0.4) is 0 Å². The number of nitrogens with zero attached hydrogens (tertiary/aromatic N) is 2. The highest BCUT2D eigenvalue weighted by Gasteiger charge is 2.37. The van der Waals surface area contributed by atoms with E-state index >= 15 is 0 Å². The summed E-state index contributed by atoms with van der Waals surface area (Å²) < 4.78 is 11.3. The van der Waals surface area contributed by atoms with Crippen LogP contribution in [0.5, 0.6) is 5.75 Å². The van der Waals surface area contributed by atoms with Crippen LogP contribution in [-0.2, 0) is 4.74 Å². The average Bonchev–Trinajstić information content (AvgIpc) is 2.87. The van der Waals surface area contributed by atoms with Gasteiger partial charge in [-0.1, -0.05) is 0 Å². The van der Waals surface area contributed by atoms with Gasteiger partial charge in [-0.2, -0.15) is 5.26 Å². The second-order valence-electron chi connectivity index (χ2n) is 8.86. The molecule has 0 radical (unpaired) electrons. The Labute approximate surface area is 173 Å². The standard InChI is InChI=1S/C22H32N4O3/c1-22(2,3)29-21(27)25-17(15-26-18-6-7-19(26)14-24-13-18)10-11-28-20-8-4-16(12-23)5-9-20/h4-5,8-9,17-19,24H,6-7,10-11,13-15H2,1-3H3,(H,25,27). The van der Waals surface area contributed by atoms with E-state index in [-0.39, 0.29) is 12.1 Å². The Balaban J connectivity index is 1.57. The van der Waals surface area contributed by atoms with Gasteiger partial charge in [0.25, 0.3) is 0 Å². The van der Waals surface area contributed by atoms with E-state index in [1.807, 2.05) is 20.8 Å². The monoisotopic (exact) mass is 400 g/mol. The molecule has 7 heteroatoms. The molecule has 1 aromatic rings. The highest BCUT2D eigenvalue weighted by Crippen LogP contribution is 2.27. The first-order chi connectivity index (χ1) is 13.8. The molecule has 2 saturated heterocycles. The molecule has 3 unspecified atom stereocenters. The fraction of sp³-hybridized carbons (Fsp3) is 0.636. The lowest BCUT2D eigenvalue weighted by molar-refractivity contribution is 0.0464. The van der Waals surface area contributed by atoms with E-state index in [4.69, 9.17) is 14.7 Å². The number of ether oxygens (including phenoxy) is 2. The van der Waals surface area contributed by atoms with Gasteiger partial charge in [-0.15, -0.1) is 0 Å². The minimum absolute atomic E-state index is 0.0515. The number of nitrogens with one attached hydrogen (secondary N) is 2. The van der Waals surface area contributed by atoms with Crippen LogP contribution in [0.4, 0.5) is 4.79 Å². The number of carbonyl (C=O) groups excluding carboxylic acids is 1. The molecule has 1 amide bonds. The molecule has 1 aromatic carbocycles. The summed E-state index contributed by atoms with van der Waals surface area (Å²) in [6.07, 6.45) is 2.71. The van der Waals surface area contributed by atoms with Gasteiger partial charge in [0, 0.05) is 44.2 Å². The SMILES string of the molecule is CC(C)(C)OC(=O)NC(CCOc1ccc(C#N)cc1)CN1C2CCC1CNC2. The maximum absolute atomic E-state index is 12.4. The third-order valence-corrected chi connectivity index (χ3v) is 5.40. The Morgan fingerprint density at radius 1 is 1.28 bits per heavy atom. The second kappa shape index (κ2) is 9.47. The molecule has 7 nitrogen and oxygen atoms in total. The number of alkyl carbamates (subject to hydrolysis) is 1. The first-order valence-corrected chi connectivity index (χ1v) is 10.4. The van der Waals surface area contributed by atoms with Gasteiger partial charge < -0.3 is 20.1 Å². The third kappa shape index (κ3) is 6.34. The molecule has 2 bridgehead atoms. The molecule has 0 aliphatic carbocycles. The van der Waals surface area contributed by atoms with E-state index in [0.29, 0.717) is 30.7 Å². The zero-order valence-corrected chi connectivity index (χ0v) is 17.6. The van der Waals surface area contributed by atoms with Crippen LogP contribution in [0.25, 0.3) is 0 Å². The quantitative estimate of drug-likeness (QED) is 0.732. The van der Waals surface area contributed by atoms with Gasteiger partial charge in [-0.25, -0.2) is 4.79 Å². The molecule has 2 fully saturated rings. The highest BCUT2D eigenvalue weighted by molar-refractivity contribution is 5.68. The second-order valence-corrected chi connectivity index (χ2v) is 8.86. The number of hydrogen-bond acceptors (Lipinski definition) is 6. The van der Waals surface area contributed by atoms with Crippen LogP contribution in [0, 0.1) is 11.3 Å². The molecule has 2 heterocycles. The minimum atomic E-state index is -0.526. The number of carbonyl (C=O) groups is 1. The van der Waals surface area contributed by atoms with Crippen molar-refractivity contribution in [3.05, 3.63) is 29.8 Å². The van der Waals surface area contributed by atoms with Gasteiger partial charge in [0.15, 0.2) is 0 Å². The van der Waals surface area contributed by atoms with E-state index in [2.05, 4.69) is 21.6 Å². The Hall–Kier alpha value is -2.30. The summed E-state index contributed by atoms with van der Waals surface area (Å²) in [5.41, 5.74) is 0.0813. The van der Waals surface area contributed by atoms with E-state index in [1.165, 1.54) is 12.8 Å². The molecule has 29 heavy (non-hydrogen) atoms. The van der Waals surface area contributed by atoms with Gasteiger partial charge in [0.2, 0.25) is 0 Å². The maximum Gasteiger partial charge on any atom is 0.407 e. The van der Waals surface area contributed by atoms with Crippen LogP contribution in [0.1, 0.15) is 45.6 Å². The predicted molar refractivity (Wildman–Crippen MR) is 111 cm³/mol. The Morgan fingerprint density at radius 3 is 2.52 bits per heavy atom. The Bertz CT molecular complexity index is 707. The summed E-state index contributed by atoms with van der Waals surface area (Å²) in [6, 6.07) is 10.2. The maximum atomic E-state index is 12.4. The summed E-state index contributed by atoms with van der Waals surface area (Å²) in [5.74, 6) is 0.724.